The minimum atomic E-state index is 0.671. The summed E-state index contributed by atoms with van der Waals surface area (Å²) in [6, 6.07) is 14.5. The van der Waals surface area contributed by atoms with Crippen molar-refractivity contribution in [1.29, 1.82) is 5.26 Å². The number of aliphatic imine (C=N–C) groups is 1. The molecule has 0 unspecified atom stereocenters. The Morgan fingerprint density at radius 1 is 1.14 bits per heavy atom. The first-order valence-electron chi connectivity index (χ1n) is 6.98. The van der Waals surface area contributed by atoms with Gasteiger partial charge in [0.15, 0.2) is 0 Å². The maximum absolute atomic E-state index is 9.56. The number of rotatable bonds is 3. The molecule has 3 heteroatoms. The van der Waals surface area contributed by atoms with E-state index in [1.165, 1.54) is 5.56 Å². The Kier molecular flexibility index (Phi) is 3.88. The molecule has 2 heterocycles. The summed E-state index contributed by atoms with van der Waals surface area (Å²) >= 11 is 0. The van der Waals surface area contributed by atoms with Crippen LogP contribution in [0.5, 0.6) is 0 Å². The monoisotopic (exact) mass is 273 g/mol. The summed E-state index contributed by atoms with van der Waals surface area (Å²) < 4.78 is 0. The summed E-state index contributed by atoms with van der Waals surface area (Å²) in [6.07, 6.45) is 7.23. The Bertz CT molecular complexity index is 737. The van der Waals surface area contributed by atoms with Crippen molar-refractivity contribution >= 4 is 11.8 Å². The molecule has 1 aliphatic heterocycles. The normalized spacial score (nSPS) is 13.6. The largest absolute Gasteiger partial charge is 0.293 e. The van der Waals surface area contributed by atoms with E-state index in [0.29, 0.717) is 12.1 Å². The van der Waals surface area contributed by atoms with Gasteiger partial charge in [-0.1, -0.05) is 36.4 Å². The van der Waals surface area contributed by atoms with Crippen LogP contribution < -0.4 is 0 Å². The number of pyridine rings is 1. The van der Waals surface area contributed by atoms with Crippen LogP contribution >= 0.6 is 0 Å². The topological polar surface area (TPSA) is 49.0 Å². The lowest BCUT2D eigenvalue weighted by Gasteiger charge is -2.12. The van der Waals surface area contributed by atoms with Crippen molar-refractivity contribution in [1.82, 2.24) is 4.98 Å². The Hall–Kier alpha value is -2.73. The van der Waals surface area contributed by atoms with E-state index < -0.39 is 0 Å². The first kappa shape index (κ1) is 13.3. The van der Waals surface area contributed by atoms with Gasteiger partial charge in [-0.2, -0.15) is 5.26 Å². The number of dihydropyridines is 1. The van der Waals surface area contributed by atoms with E-state index in [9.17, 15) is 5.26 Å². The molecule has 0 fully saturated rings. The fraction of sp³-hybridized carbons (Fsp3) is 0.167. The zero-order valence-electron chi connectivity index (χ0n) is 11.7. The van der Waals surface area contributed by atoms with Gasteiger partial charge in [0, 0.05) is 18.8 Å². The lowest BCUT2D eigenvalue weighted by molar-refractivity contribution is 1.11. The number of nitriles is 1. The molecular formula is C18H15N3. The maximum Gasteiger partial charge on any atom is 0.102 e. The van der Waals surface area contributed by atoms with E-state index in [1.54, 1.807) is 6.20 Å². The van der Waals surface area contributed by atoms with Gasteiger partial charge < -0.3 is 0 Å². The van der Waals surface area contributed by atoms with Crippen molar-refractivity contribution in [2.24, 2.45) is 4.99 Å². The quantitative estimate of drug-likeness (QED) is 0.860. The number of hydrogen-bond donors (Lipinski definition) is 0. The van der Waals surface area contributed by atoms with Crippen LogP contribution in [0.3, 0.4) is 0 Å². The van der Waals surface area contributed by atoms with Crippen LogP contribution in [0.2, 0.25) is 0 Å². The van der Waals surface area contributed by atoms with Crippen molar-refractivity contribution in [3.8, 4) is 6.07 Å². The van der Waals surface area contributed by atoms with Crippen LogP contribution in [-0.4, -0.2) is 17.7 Å². The average Bonchev–Trinajstić information content (AvgIpc) is 2.56. The molecule has 0 N–H and O–H groups in total. The number of allylic oxidation sites excluding steroid dienone is 1. The lowest BCUT2D eigenvalue weighted by atomic mass is 9.95. The van der Waals surface area contributed by atoms with E-state index >= 15 is 0 Å². The smallest absolute Gasteiger partial charge is 0.102 e. The van der Waals surface area contributed by atoms with E-state index in [4.69, 9.17) is 0 Å². The molecule has 0 spiro atoms. The van der Waals surface area contributed by atoms with Gasteiger partial charge in [0.05, 0.1) is 17.8 Å². The zero-order valence-corrected chi connectivity index (χ0v) is 11.7. The van der Waals surface area contributed by atoms with E-state index in [0.717, 1.165) is 29.7 Å². The highest BCUT2D eigenvalue weighted by Crippen LogP contribution is 2.24. The van der Waals surface area contributed by atoms with Crippen LogP contribution in [0, 0.1) is 11.3 Å². The predicted molar refractivity (Wildman–Crippen MR) is 84.2 cm³/mol. The average molecular weight is 273 g/mol. The molecule has 0 aliphatic carbocycles. The molecule has 21 heavy (non-hydrogen) atoms. The van der Waals surface area contributed by atoms with Gasteiger partial charge in [-0.25, -0.2) is 0 Å². The molecular weight excluding hydrogens is 258 g/mol. The Labute approximate surface area is 124 Å². The van der Waals surface area contributed by atoms with Gasteiger partial charge in [0.25, 0.3) is 0 Å². The SMILES string of the molecule is N#Cc1c(Cc2ccccc2)ccnc1C1=CCN=CC1. The molecule has 102 valence electrons. The van der Waals surface area contributed by atoms with Crippen molar-refractivity contribution in [3.63, 3.8) is 0 Å². The maximum atomic E-state index is 9.56. The molecule has 1 aliphatic rings. The van der Waals surface area contributed by atoms with Crippen LogP contribution in [0.15, 0.2) is 53.7 Å². The van der Waals surface area contributed by atoms with Crippen LogP contribution in [0.4, 0.5) is 0 Å². The van der Waals surface area contributed by atoms with Gasteiger partial charge in [0.1, 0.15) is 6.07 Å². The zero-order chi connectivity index (χ0) is 14.5. The summed E-state index contributed by atoms with van der Waals surface area (Å²) in [5.41, 5.74) is 4.80. The van der Waals surface area contributed by atoms with Gasteiger partial charge in [0.2, 0.25) is 0 Å². The lowest BCUT2D eigenvalue weighted by Crippen LogP contribution is -2.03. The van der Waals surface area contributed by atoms with Crippen molar-refractivity contribution in [2.45, 2.75) is 12.8 Å². The molecule has 0 saturated carbocycles. The molecule has 3 nitrogen and oxygen atoms in total. The fourth-order valence-corrected chi connectivity index (χ4v) is 2.51. The first-order valence-corrected chi connectivity index (χ1v) is 6.98. The van der Waals surface area contributed by atoms with Gasteiger partial charge in [-0.05, 0) is 29.2 Å². The summed E-state index contributed by atoms with van der Waals surface area (Å²) in [7, 11) is 0. The third-order valence-corrected chi connectivity index (χ3v) is 3.57. The van der Waals surface area contributed by atoms with Crippen molar-refractivity contribution in [3.05, 3.63) is 71.1 Å². The summed E-state index contributed by atoms with van der Waals surface area (Å²) in [5.74, 6) is 0. The second-order valence-electron chi connectivity index (χ2n) is 4.95. The highest BCUT2D eigenvalue weighted by atomic mass is 14.7. The minimum Gasteiger partial charge on any atom is -0.293 e. The first-order chi connectivity index (χ1) is 10.4. The Balaban J connectivity index is 1.99. The molecule has 0 amide bonds. The van der Waals surface area contributed by atoms with E-state index in [1.807, 2.05) is 30.5 Å². The molecule has 0 bridgehead atoms. The molecule has 1 aromatic carbocycles. The van der Waals surface area contributed by atoms with Gasteiger partial charge in [-0.3, -0.25) is 9.98 Å². The Morgan fingerprint density at radius 3 is 2.71 bits per heavy atom. The van der Waals surface area contributed by atoms with Crippen molar-refractivity contribution in [2.75, 3.05) is 6.54 Å². The summed E-state index contributed by atoms with van der Waals surface area (Å²) in [5, 5.41) is 9.56. The molecule has 0 saturated heterocycles. The van der Waals surface area contributed by atoms with Gasteiger partial charge >= 0.3 is 0 Å². The molecule has 1 aromatic heterocycles. The van der Waals surface area contributed by atoms with Crippen LogP contribution in [0.25, 0.3) is 5.57 Å². The summed E-state index contributed by atoms with van der Waals surface area (Å²) in [4.78, 5) is 8.61. The second kappa shape index (κ2) is 6.15. The third kappa shape index (κ3) is 2.90. The number of nitrogens with zero attached hydrogens (tertiary/aromatic N) is 3. The van der Waals surface area contributed by atoms with E-state index in [2.05, 4.69) is 34.3 Å². The Morgan fingerprint density at radius 2 is 2.00 bits per heavy atom. The molecule has 0 atom stereocenters. The van der Waals surface area contributed by atoms with Gasteiger partial charge in [-0.15, -0.1) is 0 Å². The standard InChI is InChI=1S/C18H15N3/c19-13-17-16(12-14-4-2-1-3-5-14)8-11-21-18(17)15-6-9-20-10-7-15/h1-6,8,10-11H,7,9,12H2. The number of benzene rings is 1. The second-order valence-corrected chi connectivity index (χ2v) is 4.95. The van der Waals surface area contributed by atoms with Crippen LogP contribution in [0.1, 0.15) is 28.8 Å². The predicted octanol–water partition coefficient (Wildman–Crippen LogP) is 3.40. The minimum absolute atomic E-state index is 0.671. The molecule has 0 radical (unpaired) electrons. The van der Waals surface area contributed by atoms with Crippen LogP contribution in [-0.2, 0) is 6.42 Å². The number of hydrogen-bond acceptors (Lipinski definition) is 3. The third-order valence-electron chi connectivity index (χ3n) is 3.57. The molecule has 3 rings (SSSR count). The number of aromatic nitrogens is 1. The van der Waals surface area contributed by atoms with Crippen molar-refractivity contribution < 1.29 is 0 Å². The molecule has 2 aromatic rings. The van der Waals surface area contributed by atoms with E-state index in [-0.39, 0.29) is 0 Å². The highest BCUT2D eigenvalue weighted by Gasteiger charge is 2.14. The summed E-state index contributed by atoms with van der Waals surface area (Å²) in [6.45, 7) is 0.671. The highest BCUT2D eigenvalue weighted by molar-refractivity contribution is 5.82. The fourth-order valence-electron chi connectivity index (χ4n) is 2.51.